The van der Waals surface area contributed by atoms with Crippen molar-refractivity contribution in [3.8, 4) is 0 Å². The van der Waals surface area contributed by atoms with Crippen molar-refractivity contribution < 1.29 is 79.6 Å². The Morgan fingerprint density at radius 2 is 1.27 bits per heavy atom. The second-order valence-corrected chi connectivity index (χ2v) is 17.5. The predicted molar refractivity (Wildman–Crippen MR) is 236 cm³/mol. The molecule has 12 N–H and O–H groups in total. The van der Waals surface area contributed by atoms with Crippen LogP contribution in [-0.4, -0.2) is 154 Å². The van der Waals surface area contributed by atoms with E-state index in [1.807, 2.05) is 43.4 Å². The van der Waals surface area contributed by atoms with Gasteiger partial charge in [-0.25, -0.2) is 0 Å². The summed E-state index contributed by atoms with van der Waals surface area (Å²) >= 11 is 0. The monoisotopic (exact) mass is 907 g/mol. The molecule has 3 heterocycles. The highest BCUT2D eigenvalue weighted by Crippen LogP contribution is 2.38. The zero-order chi connectivity index (χ0) is 47.6. The van der Waals surface area contributed by atoms with E-state index in [-0.39, 0.29) is 37.7 Å². The highest BCUT2D eigenvalue weighted by molar-refractivity contribution is 5.71. The number of fused-ring (bicyclic) bond motifs is 2. The number of carboxylic acids is 1. The number of carbonyl (C=O) groups excluding carboxylic acids is 1. The molecule has 3 aliphatic heterocycles. The summed E-state index contributed by atoms with van der Waals surface area (Å²) in [7, 11) is 0. The van der Waals surface area contributed by atoms with Crippen LogP contribution in [0.25, 0.3) is 0 Å². The van der Waals surface area contributed by atoms with Crippen molar-refractivity contribution in [2.45, 2.75) is 177 Å². The van der Waals surface area contributed by atoms with Crippen molar-refractivity contribution >= 4 is 11.9 Å². The van der Waals surface area contributed by atoms with Gasteiger partial charge in [-0.15, -0.1) is 0 Å². The number of carboxylic acid groups (broad SMARTS) is 1. The maximum atomic E-state index is 12.6. The number of ether oxygens (including phenoxy) is 4. The molecular weight excluding hydrogens is 835 g/mol. The summed E-state index contributed by atoms with van der Waals surface area (Å²) in [5.74, 6) is -6.69. The Balaban J connectivity index is 1.85. The third kappa shape index (κ3) is 18.8. The molecule has 0 spiro atoms. The molecule has 0 aromatic heterocycles. The zero-order valence-electron chi connectivity index (χ0n) is 37.3. The summed E-state index contributed by atoms with van der Waals surface area (Å²) in [4.78, 5) is 25.1. The van der Waals surface area contributed by atoms with Gasteiger partial charge in [0.05, 0.1) is 67.5 Å². The average molecular weight is 908 g/mol. The lowest BCUT2D eigenvalue weighted by atomic mass is 9.82. The maximum Gasteiger partial charge on any atom is 0.311 e. The number of aliphatic carboxylic acids is 1. The van der Waals surface area contributed by atoms with Gasteiger partial charge in [0.2, 0.25) is 0 Å². The summed E-state index contributed by atoms with van der Waals surface area (Å²) in [6, 6.07) is -0.671. The van der Waals surface area contributed by atoms with Crippen LogP contribution in [0.15, 0.2) is 85.1 Å². The molecule has 9 unspecified atom stereocenters. The molecule has 0 radical (unpaired) electrons. The van der Waals surface area contributed by atoms with E-state index < -0.39 is 135 Å². The number of rotatable bonds is 3. The molecule has 0 aromatic rings. The van der Waals surface area contributed by atoms with Crippen molar-refractivity contribution in [2.75, 3.05) is 0 Å². The van der Waals surface area contributed by atoms with E-state index in [0.717, 1.165) is 0 Å². The third-order valence-electron chi connectivity index (χ3n) is 11.8. The summed E-state index contributed by atoms with van der Waals surface area (Å²) in [5, 5.41) is 108. The number of allylic oxidation sites excluding steroid dienone is 12. The largest absolute Gasteiger partial charge is 0.481 e. The van der Waals surface area contributed by atoms with Gasteiger partial charge in [-0.05, 0) is 39.5 Å². The lowest BCUT2D eigenvalue weighted by molar-refractivity contribution is -0.305. The second kappa shape index (κ2) is 27.3. The first-order valence-electron chi connectivity index (χ1n) is 22.2. The summed E-state index contributed by atoms with van der Waals surface area (Å²) in [6.07, 6.45) is 6.77. The van der Waals surface area contributed by atoms with Crippen molar-refractivity contribution in [1.82, 2.24) is 0 Å². The van der Waals surface area contributed by atoms with E-state index in [2.05, 4.69) is 0 Å². The minimum Gasteiger partial charge on any atom is -0.481 e. The van der Waals surface area contributed by atoms with Crippen molar-refractivity contribution in [3.05, 3.63) is 85.1 Å². The smallest absolute Gasteiger partial charge is 0.311 e. The zero-order valence-corrected chi connectivity index (χ0v) is 37.3. The fraction of sp³-hybridized carbons (Fsp3) is 0.660. The van der Waals surface area contributed by atoms with Gasteiger partial charge in [-0.2, -0.15) is 0 Å². The summed E-state index contributed by atoms with van der Waals surface area (Å²) < 4.78 is 23.4. The van der Waals surface area contributed by atoms with E-state index in [0.29, 0.717) is 6.42 Å². The minimum absolute atomic E-state index is 0.0938. The molecule has 0 aromatic carbocycles. The van der Waals surface area contributed by atoms with Crippen LogP contribution in [0.1, 0.15) is 85.5 Å². The molecule has 2 fully saturated rings. The average Bonchev–Trinajstić information content (AvgIpc) is 3.19. The van der Waals surface area contributed by atoms with Gasteiger partial charge < -0.3 is 75.7 Å². The SMILES string of the molecule is CC1CC(N)C(O)C(O[C@H]2/C=C/C=C/C=C/C=C/C=C/C=C/C=C/[C@H](C)[C@@H](O)[C@@H](C)[C@H](C)OC(=O)CC(O)CC(O)CC[C@@H](O)C(O)CC(O)C[C@]3(O)C[C@H](O)[C@@H](C(=O)O)C(C2)O3)O1. The van der Waals surface area contributed by atoms with Crippen LogP contribution in [0, 0.1) is 17.8 Å². The van der Waals surface area contributed by atoms with Crippen LogP contribution < -0.4 is 5.73 Å². The lowest BCUT2D eigenvalue weighted by Crippen LogP contribution is -2.57. The Morgan fingerprint density at radius 3 is 1.86 bits per heavy atom. The lowest BCUT2D eigenvalue weighted by Gasteiger charge is -2.45. The van der Waals surface area contributed by atoms with Crippen LogP contribution in [0.4, 0.5) is 0 Å². The fourth-order valence-electron chi connectivity index (χ4n) is 7.99. The Morgan fingerprint density at radius 1 is 0.688 bits per heavy atom. The molecule has 0 aliphatic carbocycles. The van der Waals surface area contributed by atoms with Crippen LogP contribution in [0.2, 0.25) is 0 Å². The third-order valence-corrected chi connectivity index (χ3v) is 11.8. The molecule has 2 saturated heterocycles. The number of nitrogens with two attached hydrogens (primary N) is 1. The fourth-order valence-corrected chi connectivity index (χ4v) is 7.99. The molecule has 362 valence electrons. The van der Waals surface area contributed by atoms with E-state index in [4.69, 9.17) is 24.7 Å². The van der Waals surface area contributed by atoms with Crippen molar-refractivity contribution in [2.24, 2.45) is 23.5 Å². The Kier molecular flexibility index (Phi) is 23.4. The molecule has 17 nitrogen and oxygen atoms in total. The van der Waals surface area contributed by atoms with Gasteiger partial charge >= 0.3 is 11.9 Å². The van der Waals surface area contributed by atoms with E-state index >= 15 is 0 Å². The number of carbonyl (C=O) groups is 2. The molecule has 3 aliphatic rings. The van der Waals surface area contributed by atoms with E-state index in [9.17, 15) is 60.7 Å². The van der Waals surface area contributed by atoms with Crippen LogP contribution in [-0.2, 0) is 28.5 Å². The topological polar surface area (TPSA) is 299 Å². The van der Waals surface area contributed by atoms with E-state index in [1.165, 1.54) is 0 Å². The maximum absolute atomic E-state index is 12.6. The Bertz CT molecular complexity index is 1630. The molecule has 17 heteroatoms. The summed E-state index contributed by atoms with van der Waals surface area (Å²) in [5.41, 5.74) is 6.12. The molecular formula is C47H73NO16. The van der Waals surface area contributed by atoms with Crippen LogP contribution >= 0.6 is 0 Å². The van der Waals surface area contributed by atoms with Gasteiger partial charge in [-0.3, -0.25) is 9.59 Å². The number of aliphatic hydroxyl groups is 9. The summed E-state index contributed by atoms with van der Waals surface area (Å²) in [6.45, 7) is 6.99. The van der Waals surface area contributed by atoms with Crippen LogP contribution in [0.5, 0.6) is 0 Å². The standard InChI is InChI=1S/C47H73NO16/c1-28-17-15-13-11-9-7-5-6-8-10-12-14-16-18-35(63-46-44(57)36(48)21-29(2)61-46)25-40-42(45(58)59)39(54)27-47(60,64-40)26-34(51)23-38(53)37(52)20-19-32(49)22-33(50)24-41(55)62-31(4)30(3)43(28)56/h5-18,28-40,42-44,46,49-54,56-57,60H,19-27,48H2,1-4H3,(H,58,59)/b6-5+,9-7+,10-8+,13-11+,14-12+,17-15+,18-16+/t28-,29?,30-,31-,32?,33?,34?,35-,36?,37+,38?,39-,40?,42+,43+,44?,46?,47+/m0/s1. The highest BCUT2D eigenvalue weighted by Gasteiger charge is 2.50. The normalized spacial score (nSPS) is 44.8. The minimum atomic E-state index is -2.29. The number of aliphatic hydroxyl groups excluding tert-OH is 8. The quantitative estimate of drug-likeness (QED) is 0.180. The van der Waals surface area contributed by atoms with Crippen molar-refractivity contribution in [1.29, 1.82) is 0 Å². The number of hydrogen-bond donors (Lipinski definition) is 11. The van der Waals surface area contributed by atoms with Gasteiger partial charge in [0, 0.05) is 43.6 Å². The van der Waals surface area contributed by atoms with Crippen molar-refractivity contribution in [3.63, 3.8) is 0 Å². The van der Waals surface area contributed by atoms with Gasteiger partial charge in [-0.1, -0.05) is 98.9 Å². The van der Waals surface area contributed by atoms with Gasteiger partial charge in [0.25, 0.3) is 0 Å². The first-order valence-corrected chi connectivity index (χ1v) is 22.2. The first-order chi connectivity index (χ1) is 30.2. The van der Waals surface area contributed by atoms with Gasteiger partial charge in [0.1, 0.15) is 18.1 Å². The van der Waals surface area contributed by atoms with Gasteiger partial charge in [0.15, 0.2) is 12.1 Å². The first kappa shape index (κ1) is 54.9. The number of cyclic esters (lactones) is 1. The molecule has 3 rings (SSSR count). The van der Waals surface area contributed by atoms with Crippen LogP contribution in [0.3, 0.4) is 0 Å². The molecule has 0 saturated carbocycles. The molecule has 0 amide bonds. The predicted octanol–water partition coefficient (Wildman–Crippen LogP) is 1.74. The number of hydrogen-bond acceptors (Lipinski definition) is 16. The molecule has 64 heavy (non-hydrogen) atoms. The highest BCUT2D eigenvalue weighted by atomic mass is 16.7. The number of esters is 1. The second-order valence-electron chi connectivity index (χ2n) is 17.5. The molecule has 18 atom stereocenters. The molecule has 2 bridgehead atoms. The van der Waals surface area contributed by atoms with E-state index in [1.54, 1.807) is 69.4 Å². The Labute approximate surface area is 376 Å². The Hall–Kier alpha value is -3.40.